The highest BCUT2D eigenvalue weighted by molar-refractivity contribution is 5.79. The highest BCUT2D eigenvalue weighted by Gasteiger charge is 2.29. The monoisotopic (exact) mass is 382 g/mol. The second kappa shape index (κ2) is 9.37. The Morgan fingerprint density at radius 1 is 1.00 bits per heavy atom. The number of esters is 1. The van der Waals surface area contributed by atoms with E-state index in [1.807, 2.05) is 31.2 Å². The minimum atomic E-state index is -0.465. The lowest BCUT2D eigenvalue weighted by Crippen LogP contribution is -2.42. The van der Waals surface area contributed by atoms with Gasteiger partial charge < -0.3 is 20.1 Å². The van der Waals surface area contributed by atoms with E-state index in [4.69, 9.17) is 9.47 Å². The maximum Gasteiger partial charge on any atom is 0.407 e. The first-order valence-electron chi connectivity index (χ1n) is 9.58. The van der Waals surface area contributed by atoms with Gasteiger partial charge in [0.25, 0.3) is 0 Å². The standard InChI is InChI=1S/C22H26N2O4/c1-3-27-21(25)13-23-12-15(2)24-22(26)28-14-20-18-10-6-4-8-16(18)17-9-5-7-11-19(17)20/h4-11,15,20,23H,3,12-14H2,1-2H3,(H,24,26). The fourth-order valence-electron chi connectivity index (χ4n) is 3.50. The summed E-state index contributed by atoms with van der Waals surface area (Å²) >= 11 is 0. The highest BCUT2D eigenvalue weighted by atomic mass is 16.5. The predicted molar refractivity (Wildman–Crippen MR) is 107 cm³/mol. The predicted octanol–water partition coefficient (Wildman–Crippen LogP) is 3.07. The molecule has 0 saturated carbocycles. The van der Waals surface area contributed by atoms with Crippen molar-refractivity contribution in [2.75, 3.05) is 26.3 Å². The van der Waals surface area contributed by atoms with Crippen molar-refractivity contribution < 1.29 is 19.1 Å². The van der Waals surface area contributed by atoms with Crippen LogP contribution < -0.4 is 10.6 Å². The van der Waals surface area contributed by atoms with Crippen molar-refractivity contribution in [2.24, 2.45) is 0 Å². The molecule has 0 bridgehead atoms. The molecule has 1 atom stereocenters. The molecular formula is C22H26N2O4. The quantitative estimate of drug-likeness (QED) is 0.686. The van der Waals surface area contributed by atoms with Crippen molar-refractivity contribution in [2.45, 2.75) is 25.8 Å². The molecule has 1 amide bonds. The molecule has 0 saturated heterocycles. The lowest BCUT2D eigenvalue weighted by atomic mass is 9.98. The number of alkyl carbamates (subject to hydrolysis) is 1. The highest BCUT2D eigenvalue weighted by Crippen LogP contribution is 2.44. The van der Waals surface area contributed by atoms with E-state index in [1.54, 1.807) is 6.92 Å². The summed E-state index contributed by atoms with van der Waals surface area (Å²) < 4.78 is 10.4. The Bertz CT molecular complexity index is 791. The molecule has 2 aromatic rings. The maximum atomic E-state index is 12.2. The van der Waals surface area contributed by atoms with Crippen molar-refractivity contribution in [1.82, 2.24) is 10.6 Å². The Hall–Kier alpha value is -2.86. The fourth-order valence-corrected chi connectivity index (χ4v) is 3.50. The normalized spacial score (nSPS) is 13.4. The maximum absolute atomic E-state index is 12.2. The third kappa shape index (κ3) is 4.70. The smallest absolute Gasteiger partial charge is 0.407 e. The summed E-state index contributed by atoms with van der Waals surface area (Å²) in [5.41, 5.74) is 4.76. The van der Waals surface area contributed by atoms with Crippen LogP contribution in [-0.2, 0) is 14.3 Å². The average molecular weight is 382 g/mol. The molecule has 1 aliphatic carbocycles. The van der Waals surface area contributed by atoms with Gasteiger partial charge in [-0.15, -0.1) is 0 Å². The molecule has 0 spiro atoms. The van der Waals surface area contributed by atoms with Gasteiger partial charge in [0, 0.05) is 18.5 Å². The lowest BCUT2D eigenvalue weighted by molar-refractivity contribution is -0.141. The Kier molecular flexibility index (Phi) is 6.66. The third-order valence-electron chi connectivity index (χ3n) is 4.73. The fraction of sp³-hybridized carbons (Fsp3) is 0.364. The molecule has 3 rings (SSSR count). The number of carbonyl (C=O) groups is 2. The molecule has 6 nitrogen and oxygen atoms in total. The van der Waals surface area contributed by atoms with Crippen LogP contribution in [0.2, 0.25) is 0 Å². The second-order valence-electron chi connectivity index (χ2n) is 6.81. The summed E-state index contributed by atoms with van der Waals surface area (Å²) in [5.74, 6) is -0.272. The van der Waals surface area contributed by atoms with Crippen LogP contribution in [0.3, 0.4) is 0 Å². The summed E-state index contributed by atoms with van der Waals surface area (Å²) in [5, 5.41) is 5.74. The number of carbonyl (C=O) groups excluding carboxylic acids is 2. The third-order valence-corrected chi connectivity index (χ3v) is 4.73. The van der Waals surface area contributed by atoms with Crippen molar-refractivity contribution in [3.05, 3.63) is 59.7 Å². The van der Waals surface area contributed by atoms with Crippen LogP contribution in [0.25, 0.3) is 11.1 Å². The number of hydrogen-bond acceptors (Lipinski definition) is 5. The van der Waals surface area contributed by atoms with Crippen molar-refractivity contribution in [1.29, 1.82) is 0 Å². The van der Waals surface area contributed by atoms with E-state index in [2.05, 4.69) is 34.9 Å². The summed E-state index contributed by atoms with van der Waals surface area (Å²) in [6, 6.07) is 16.3. The van der Waals surface area contributed by atoms with E-state index in [0.717, 1.165) is 0 Å². The van der Waals surface area contributed by atoms with Gasteiger partial charge in [0.2, 0.25) is 0 Å². The minimum Gasteiger partial charge on any atom is -0.465 e. The summed E-state index contributed by atoms with van der Waals surface area (Å²) in [6.07, 6.45) is -0.465. The van der Waals surface area contributed by atoms with Crippen LogP contribution in [-0.4, -0.2) is 44.4 Å². The molecule has 0 heterocycles. The van der Waals surface area contributed by atoms with Crippen molar-refractivity contribution >= 4 is 12.1 Å². The zero-order valence-corrected chi connectivity index (χ0v) is 16.2. The first-order chi connectivity index (χ1) is 13.6. The number of fused-ring (bicyclic) bond motifs is 3. The summed E-state index contributed by atoms with van der Waals surface area (Å²) in [4.78, 5) is 23.5. The van der Waals surface area contributed by atoms with Crippen LogP contribution in [0.4, 0.5) is 4.79 Å². The minimum absolute atomic E-state index is 0.0374. The molecular weight excluding hydrogens is 356 g/mol. The number of ether oxygens (including phenoxy) is 2. The summed E-state index contributed by atoms with van der Waals surface area (Å²) in [7, 11) is 0. The number of hydrogen-bond donors (Lipinski definition) is 2. The van der Waals surface area contributed by atoms with E-state index in [1.165, 1.54) is 22.3 Å². The first-order valence-corrected chi connectivity index (χ1v) is 9.58. The number of rotatable bonds is 8. The Morgan fingerprint density at radius 2 is 1.61 bits per heavy atom. The SMILES string of the molecule is CCOC(=O)CNCC(C)NC(=O)OCC1c2ccccc2-c2ccccc21. The van der Waals surface area contributed by atoms with E-state index in [9.17, 15) is 9.59 Å². The van der Waals surface area contributed by atoms with Gasteiger partial charge in [-0.25, -0.2) is 4.79 Å². The Balaban J connectivity index is 1.50. The van der Waals surface area contributed by atoms with E-state index in [-0.39, 0.29) is 31.1 Å². The second-order valence-corrected chi connectivity index (χ2v) is 6.81. The number of amides is 1. The van der Waals surface area contributed by atoms with Gasteiger partial charge in [0.1, 0.15) is 6.61 Å². The van der Waals surface area contributed by atoms with Gasteiger partial charge in [0.15, 0.2) is 0 Å². The van der Waals surface area contributed by atoms with E-state index < -0.39 is 6.09 Å². The molecule has 6 heteroatoms. The molecule has 0 fully saturated rings. The van der Waals surface area contributed by atoms with Crippen LogP contribution in [0.1, 0.15) is 30.9 Å². The van der Waals surface area contributed by atoms with Gasteiger partial charge in [-0.3, -0.25) is 4.79 Å². The number of nitrogens with one attached hydrogen (secondary N) is 2. The molecule has 28 heavy (non-hydrogen) atoms. The van der Waals surface area contributed by atoms with E-state index in [0.29, 0.717) is 13.2 Å². The average Bonchev–Trinajstić information content (AvgIpc) is 3.00. The van der Waals surface area contributed by atoms with Gasteiger partial charge in [0.05, 0.1) is 13.2 Å². The number of benzene rings is 2. The van der Waals surface area contributed by atoms with Crippen molar-refractivity contribution in [3.8, 4) is 11.1 Å². The van der Waals surface area contributed by atoms with Gasteiger partial charge in [-0.1, -0.05) is 48.5 Å². The van der Waals surface area contributed by atoms with Crippen LogP contribution in [0, 0.1) is 0 Å². The van der Waals surface area contributed by atoms with Gasteiger partial charge in [-0.05, 0) is 36.1 Å². The largest absolute Gasteiger partial charge is 0.465 e. The first kappa shape index (κ1) is 19.9. The molecule has 2 aromatic carbocycles. The topological polar surface area (TPSA) is 76.7 Å². The Labute approximate surface area is 165 Å². The van der Waals surface area contributed by atoms with Gasteiger partial charge >= 0.3 is 12.1 Å². The molecule has 148 valence electrons. The molecule has 0 aliphatic heterocycles. The van der Waals surface area contributed by atoms with Crippen LogP contribution in [0.5, 0.6) is 0 Å². The summed E-state index contributed by atoms with van der Waals surface area (Å²) in [6.45, 7) is 4.81. The Morgan fingerprint density at radius 3 is 2.21 bits per heavy atom. The molecule has 1 aliphatic rings. The molecule has 1 unspecified atom stereocenters. The molecule has 0 radical (unpaired) electrons. The van der Waals surface area contributed by atoms with E-state index >= 15 is 0 Å². The van der Waals surface area contributed by atoms with Crippen LogP contribution in [0.15, 0.2) is 48.5 Å². The van der Waals surface area contributed by atoms with Crippen LogP contribution >= 0.6 is 0 Å². The zero-order valence-electron chi connectivity index (χ0n) is 16.2. The zero-order chi connectivity index (χ0) is 19.9. The molecule has 0 aromatic heterocycles. The van der Waals surface area contributed by atoms with Gasteiger partial charge in [-0.2, -0.15) is 0 Å². The van der Waals surface area contributed by atoms with Crippen molar-refractivity contribution in [3.63, 3.8) is 0 Å². The lowest BCUT2D eigenvalue weighted by Gasteiger charge is -2.17. The molecule has 2 N–H and O–H groups in total.